The van der Waals surface area contributed by atoms with E-state index in [0.717, 1.165) is 66.5 Å². The first-order valence-corrected chi connectivity index (χ1v) is 8.82. The van der Waals surface area contributed by atoms with Crippen molar-refractivity contribution in [1.29, 1.82) is 0 Å². The molecule has 128 valence electrons. The Kier molecular flexibility index (Phi) is 4.22. The van der Waals surface area contributed by atoms with Gasteiger partial charge in [-0.05, 0) is 49.2 Å². The van der Waals surface area contributed by atoms with Crippen molar-refractivity contribution in [2.24, 2.45) is 0 Å². The Morgan fingerprint density at radius 2 is 2.00 bits per heavy atom. The molecule has 1 N–H and O–H groups in total. The predicted molar refractivity (Wildman–Crippen MR) is 98.0 cm³/mol. The number of benzene rings is 1. The molecule has 0 radical (unpaired) electrons. The van der Waals surface area contributed by atoms with Crippen molar-refractivity contribution in [3.8, 4) is 22.5 Å². The summed E-state index contributed by atoms with van der Waals surface area (Å²) in [7, 11) is 0. The zero-order valence-corrected chi connectivity index (χ0v) is 14.3. The highest BCUT2D eigenvalue weighted by Crippen LogP contribution is 2.36. The lowest BCUT2D eigenvalue weighted by Crippen LogP contribution is -2.02. The first-order valence-electron chi connectivity index (χ1n) is 8.82. The van der Waals surface area contributed by atoms with Gasteiger partial charge < -0.3 is 9.88 Å². The number of halogens is 1. The third-order valence-corrected chi connectivity index (χ3v) is 4.54. The van der Waals surface area contributed by atoms with Crippen molar-refractivity contribution >= 4 is 5.82 Å². The van der Waals surface area contributed by atoms with Crippen LogP contribution in [-0.4, -0.2) is 21.1 Å². The van der Waals surface area contributed by atoms with E-state index >= 15 is 0 Å². The minimum atomic E-state index is -0.230. The maximum atomic E-state index is 13.3. The quantitative estimate of drug-likeness (QED) is 0.745. The van der Waals surface area contributed by atoms with Gasteiger partial charge in [-0.25, -0.2) is 14.4 Å². The van der Waals surface area contributed by atoms with E-state index in [2.05, 4.69) is 27.9 Å². The SMILES string of the molecule is CCCNc1cc(-c2c(-c3ccc(F)cc3)nc3n2CCC3)ccn1. The summed E-state index contributed by atoms with van der Waals surface area (Å²) in [6.07, 6.45) is 4.98. The van der Waals surface area contributed by atoms with Crippen LogP contribution in [0, 0.1) is 5.82 Å². The molecule has 1 aromatic carbocycles. The molecule has 3 heterocycles. The Morgan fingerprint density at radius 1 is 1.16 bits per heavy atom. The maximum Gasteiger partial charge on any atom is 0.126 e. The molecule has 1 aliphatic heterocycles. The van der Waals surface area contributed by atoms with Gasteiger partial charge in [-0.1, -0.05) is 6.92 Å². The van der Waals surface area contributed by atoms with Crippen molar-refractivity contribution in [3.05, 3.63) is 54.2 Å². The van der Waals surface area contributed by atoms with Gasteiger partial charge in [0.2, 0.25) is 0 Å². The number of imidazole rings is 1. The van der Waals surface area contributed by atoms with Gasteiger partial charge in [-0.15, -0.1) is 0 Å². The van der Waals surface area contributed by atoms with E-state index < -0.39 is 0 Å². The standard InChI is InChI=1S/C20H21FN4/c1-2-10-22-17-13-15(9-11-23-17)20-19(14-5-7-16(21)8-6-14)24-18-4-3-12-25(18)20/h5-9,11,13H,2-4,10,12H2,1H3,(H,22,23). The molecular formula is C20H21FN4. The lowest BCUT2D eigenvalue weighted by molar-refractivity contribution is 0.628. The first kappa shape index (κ1) is 15.8. The van der Waals surface area contributed by atoms with Crippen LogP contribution in [0.3, 0.4) is 0 Å². The van der Waals surface area contributed by atoms with E-state index in [-0.39, 0.29) is 5.82 Å². The molecule has 0 spiro atoms. The van der Waals surface area contributed by atoms with Crippen LogP contribution in [0.25, 0.3) is 22.5 Å². The van der Waals surface area contributed by atoms with Crippen LogP contribution < -0.4 is 5.32 Å². The Labute approximate surface area is 146 Å². The van der Waals surface area contributed by atoms with E-state index in [1.807, 2.05) is 12.3 Å². The summed E-state index contributed by atoms with van der Waals surface area (Å²) in [4.78, 5) is 9.26. The number of nitrogens with zero attached hydrogens (tertiary/aromatic N) is 3. The van der Waals surface area contributed by atoms with Gasteiger partial charge in [-0.2, -0.15) is 0 Å². The van der Waals surface area contributed by atoms with Gasteiger partial charge in [0.25, 0.3) is 0 Å². The van der Waals surface area contributed by atoms with Crippen molar-refractivity contribution < 1.29 is 4.39 Å². The molecule has 25 heavy (non-hydrogen) atoms. The molecule has 0 saturated carbocycles. The molecule has 5 heteroatoms. The van der Waals surface area contributed by atoms with Gasteiger partial charge in [0.15, 0.2) is 0 Å². The molecule has 0 bridgehead atoms. The summed E-state index contributed by atoms with van der Waals surface area (Å²) in [5, 5.41) is 3.34. The maximum absolute atomic E-state index is 13.3. The molecule has 0 atom stereocenters. The average Bonchev–Trinajstić information content (AvgIpc) is 3.22. The van der Waals surface area contributed by atoms with Gasteiger partial charge in [0.05, 0.1) is 11.4 Å². The summed E-state index contributed by atoms with van der Waals surface area (Å²) >= 11 is 0. The minimum Gasteiger partial charge on any atom is -0.370 e. The fourth-order valence-electron chi connectivity index (χ4n) is 3.36. The van der Waals surface area contributed by atoms with Gasteiger partial charge in [-0.3, -0.25) is 0 Å². The largest absolute Gasteiger partial charge is 0.370 e. The highest BCUT2D eigenvalue weighted by Gasteiger charge is 2.23. The van der Waals surface area contributed by atoms with Crippen LogP contribution in [0.2, 0.25) is 0 Å². The average molecular weight is 336 g/mol. The lowest BCUT2D eigenvalue weighted by atomic mass is 10.1. The zero-order chi connectivity index (χ0) is 17.2. The smallest absolute Gasteiger partial charge is 0.126 e. The first-order chi connectivity index (χ1) is 12.3. The molecule has 0 saturated heterocycles. The van der Waals surface area contributed by atoms with Crippen LogP contribution >= 0.6 is 0 Å². The van der Waals surface area contributed by atoms with Crippen LogP contribution in [0.1, 0.15) is 25.6 Å². The highest BCUT2D eigenvalue weighted by atomic mass is 19.1. The van der Waals surface area contributed by atoms with E-state index in [1.54, 1.807) is 12.1 Å². The molecule has 0 fully saturated rings. The molecule has 0 amide bonds. The molecule has 3 aromatic rings. The Bertz CT molecular complexity index is 883. The summed E-state index contributed by atoms with van der Waals surface area (Å²) < 4.78 is 15.6. The third kappa shape index (κ3) is 3.02. The van der Waals surface area contributed by atoms with E-state index in [9.17, 15) is 4.39 Å². The summed E-state index contributed by atoms with van der Waals surface area (Å²) in [6, 6.07) is 10.7. The van der Waals surface area contributed by atoms with Gasteiger partial charge in [0, 0.05) is 36.8 Å². The second-order valence-corrected chi connectivity index (χ2v) is 6.34. The molecule has 0 unspecified atom stereocenters. The molecule has 2 aromatic heterocycles. The van der Waals surface area contributed by atoms with E-state index in [1.165, 1.54) is 12.1 Å². The molecule has 4 rings (SSSR count). The van der Waals surface area contributed by atoms with Gasteiger partial charge in [0.1, 0.15) is 17.5 Å². The van der Waals surface area contributed by atoms with Crippen molar-refractivity contribution in [2.45, 2.75) is 32.7 Å². The second-order valence-electron chi connectivity index (χ2n) is 6.34. The molecular weight excluding hydrogens is 315 g/mol. The molecule has 0 aliphatic carbocycles. The summed E-state index contributed by atoms with van der Waals surface area (Å²) in [6.45, 7) is 4.00. The third-order valence-electron chi connectivity index (χ3n) is 4.54. The predicted octanol–water partition coefficient (Wildman–Crippen LogP) is 4.52. The number of rotatable bonds is 5. The monoisotopic (exact) mass is 336 g/mol. The second kappa shape index (κ2) is 6.67. The number of fused-ring (bicyclic) bond motifs is 1. The molecule has 1 aliphatic rings. The topological polar surface area (TPSA) is 42.7 Å². The van der Waals surface area contributed by atoms with Crippen LogP contribution in [0.4, 0.5) is 10.2 Å². The van der Waals surface area contributed by atoms with Gasteiger partial charge >= 0.3 is 0 Å². The number of hydrogen-bond acceptors (Lipinski definition) is 3. The fourth-order valence-corrected chi connectivity index (χ4v) is 3.36. The van der Waals surface area contributed by atoms with Crippen LogP contribution in [0.5, 0.6) is 0 Å². The van der Waals surface area contributed by atoms with E-state index in [0.29, 0.717) is 0 Å². The lowest BCUT2D eigenvalue weighted by Gasteiger charge is -2.11. The minimum absolute atomic E-state index is 0.230. The number of nitrogens with one attached hydrogen (secondary N) is 1. The zero-order valence-electron chi connectivity index (χ0n) is 14.3. The Hall–Kier alpha value is -2.69. The number of aromatic nitrogens is 3. The highest BCUT2D eigenvalue weighted by molar-refractivity contribution is 5.80. The van der Waals surface area contributed by atoms with Crippen LogP contribution in [0.15, 0.2) is 42.6 Å². The normalized spacial score (nSPS) is 13.0. The number of pyridine rings is 1. The van der Waals surface area contributed by atoms with Crippen molar-refractivity contribution in [2.75, 3.05) is 11.9 Å². The van der Waals surface area contributed by atoms with Crippen molar-refractivity contribution in [1.82, 2.24) is 14.5 Å². The Morgan fingerprint density at radius 3 is 2.80 bits per heavy atom. The number of hydrogen-bond donors (Lipinski definition) is 1. The summed E-state index contributed by atoms with van der Waals surface area (Å²) in [5.41, 5.74) is 4.05. The van der Waals surface area contributed by atoms with E-state index in [4.69, 9.17) is 4.98 Å². The Balaban J connectivity index is 1.82. The summed E-state index contributed by atoms with van der Waals surface area (Å²) in [5.74, 6) is 1.75. The molecule has 4 nitrogen and oxygen atoms in total. The number of aryl methyl sites for hydroxylation is 1. The van der Waals surface area contributed by atoms with Crippen LogP contribution in [-0.2, 0) is 13.0 Å². The number of anilines is 1. The van der Waals surface area contributed by atoms with Crippen molar-refractivity contribution in [3.63, 3.8) is 0 Å². The fraction of sp³-hybridized carbons (Fsp3) is 0.300.